The molecule has 1 aromatic rings. The van der Waals surface area contributed by atoms with Gasteiger partial charge < -0.3 is 9.84 Å². The van der Waals surface area contributed by atoms with Gasteiger partial charge in [0.2, 0.25) is 10.0 Å². The first kappa shape index (κ1) is 22.1. The SMILES string of the molecule is C=C(OCC)C(O)(C[Si](C)(C)C)[C@@H]1CCCN1S(=O)(=O)c1ccc(C)cc1. The summed E-state index contributed by atoms with van der Waals surface area (Å²) in [4.78, 5) is 0.261. The van der Waals surface area contributed by atoms with Crippen LogP contribution in [-0.2, 0) is 14.8 Å². The number of aliphatic hydroxyl groups is 1. The lowest BCUT2D eigenvalue weighted by Crippen LogP contribution is -2.55. The zero-order chi connectivity index (χ0) is 20.5. The Morgan fingerprint density at radius 2 is 1.93 bits per heavy atom. The molecule has 0 spiro atoms. The van der Waals surface area contributed by atoms with Gasteiger partial charge in [0.15, 0.2) is 0 Å². The molecule has 7 heteroatoms. The van der Waals surface area contributed by atoms with E-state index >= 15 is 0 Å². The van der Waals surface area contributed by atoms with Gasteiger partial charge >= 0.3 is 0 Å². The number of rotatable bonds is 8. The van der Waals surface area contributed by atoms with Crippen LogP contribution < -0.4 is 0 Å². The molecular weight excluding hydrogens is 378 g/mol. The van der Waals surface area contributed by atoms with E-state index < -0.39 is 29.7 Å². The van der Waals surface area contributed by atoms with E-state index in [0.717, 1.165) is 5.56 Å². The Morgan fingerprint density at radius 3 is 2.44 bits per heavy atom. The lowest BCUT2D eigenvalue weighted by Gasteiger charge is -2.42. The van der Waals surface area contributed by atoms with Gasteiger partial charge in [-0.1, -0.05) is 43.9 Å². The van der Waals surface area contributed by atoms with Gasteiger partial charge in [-0.15, -0.1) is 0 Å². The molecule has 0 aliphatic carbocycles. The van der Waals surface area contributed by atoms with E-state index in [2.05, 4.69) is 26.2 Å². The summed E-state index contributed by atoms with van der Waals surface area (Å²) in [7, 11) is -5.44. The molecule has 1 heterocycles. The summed E-state index contributed by atoms with van der Waals surface area (Å²) in [5.41, 5.74) is -0.374. The van der Waals surface area contributed by atoms with Gasteiger partial charge in [0, 0.05) is 14.6 Å². The highest BCUT2D eigenvalue weighted by atomic mass is 32.2. The van der Waals surface area contributed by atoms with Crippen LogP contribution >= 0.6 is 0 Å². The molecule has 5 nitrogen and oxygen atoms in total. The standard InChI is InChI=1S/C20H33NO4SSi/c1-7-25-17(3)20(22,15-27(4,5)6)19-9-8-14-21(19)26(23,24)18-12-10-16(2)11-13-18/h10-13,19,22H,3,7-9,14-15H2,1-2,4-6H3/t19-,20?/m0/s1. The zero-order valence-electron chi connectivity index (χ0n) is 17.2. The van der Waals surface area contributed by atoms with Crippen LogP contribution in [0.15, 0.2) is 41.5 Å². The summed E-state index contributed by atoms with van der Waals surface area (Å²) in [5.74, 6) is 0.281. The summed E-state index contributed by atoms with van der Waals surface area (Å²) in [6, 6.07) is 6.80. The molecule has 152 valence electrons. The molecule has 1 unspecified atom stereocenters. The van der Waals surface area contributed by atoms with Gasteiger partial charge in [-0.05, 0) is 44.9 Å². The Hall–Kier alpha value is -1.15. The molecule has 1 aromatic carbocycles. The average Bonchev–Trinajstić information content (AvgIpc) is 3.05. The Labute approximate surface area is 165 Å². The van der Waals surface area contributed by atoms with Crippen molar-refractivity contribution in [3.8, 4) is 0 Å². The molecule has 1 aliphatic rings. The molecular formula is C20H33NO4SSi. The molecule has 0 bridgehead atoms. The van der Waals surface area contributed by atoms with Crippen molar-refractivity contribution in [3.63, 3.8) is 0 Å². The second-order valence-corrected chi connectivity index (χ2v) is 16.0. The molecule has 0 amide bonds. The van der Waals surface area contributed by atoms with Gasteiger partial charge in [0.25, 0.3) is 0 Å². The summed E-state index contributed by atoms with van der Waals surface area (Å²) in [6.45, 7) is 15.0. The lowest BCUT2D eigenvalue weighted by molar-refractivity contribution is -0.0148. The van der Waals surface area contributed by atoms with Gasteiger partial charge in [0.05, 0.1) is 17.5 Å². The predicted molar refractivity (Wildman–Crippen MR) is 112 cm³/mol. The van der Waals surface area contributed by atoms with Crippen LogP contribution in [0.4, 0.5) is 0 Å². The number of sulfonamides is 1. The minimum absolute atomic E-state index is 0.261. The van der Waals surface area contributed by atoms with E-state index in [1.807, 2.05) is 13.8 Å². The average molecular weight is 412 g/mol. The van der Waals surface area contributed by atoms with Crippen LogP contribution in [0.5, 0.6) is 0 Å². The molecule has 0 saturated carbocycles. The van der Waals surface area contributed by atoms with Crippen molar-refractivity contribution in [1.29, 1.82) is 0 Å². The third-order valence-electron chi connectivity index (χ3n) is 4.98. The fraction of sp³-hybridized carbons (Fsp3) is 0.600. The first-order valence-electron chi connectivity index (χ1n) is 9.55. The lowest BCUT2D eigenvalue weighted by atomic mass is 9.93. The van der Waals surface area contributed by atoms with Crippen molar-refractivity contribution in [2.45, 2.75) is 68.9 Å². The molecule has 1 saturated heterocycles. The normalized spacial score (nSPS) is 21.0. The van der Waals surface area contributed by atoms with Crippen LogP contribution in [0.25, 0.3) is 0 Å². The number of nitrogens with zero attached hydrogens (tertiary/aromatic N) is 1. The fourth-order valence-corrected chi connectivity index (χ4v) is 7.65. The highest BCUT2D eigenvalue weighted by molar-refractivity contribution is 7.89. The fourth-order valence-electron chi connectivity index (χ4n) is 3.86. The third kappa shape index (κ3) is 4.82. The first-order valence-corrected chi connectivity index (χ1v) is 14.7. The Balaban J connectivity index is 2.46. The summed E-state index contributed by atoms with van der Waals surface area (Å²) in [6.07, 6.45) is 1.31. The number of ether oxygens (including phenoxy) is 1. The van der Waals surface area contributed by atoms with Crippen molar-refractivity contribution in [3.05, 3.63) is 42.2 Å². The van der Waals surface area contributed by atoms with Crippen LogP contribution in [0.2, 0.25) is 25.7 Å². The number of hydrogen-bond donors (Lipinski definition) is 1. The van der Waals surface area contributed by atoms with E-state index in [1.54, 1.807) is 24.3 Å². The first-order chi connectivity index (χ1) is 12.4. The maximum Gasteiger partial charge on any atom is 0.243 e. The molecule has 1 aliphatic heterocycles. The van der Waals surface area contributed by atoms with Gasteiger partial charge in [-0.2, -0.15) is 4.31 Å². The van der Waals surface area contributed by atoms with E-state index in [9.17, 15) is 13.5 Å². The smallest absolute Gasteiger partial charge is 0.243 e. The molecule has 2 atom stereocenters. The van der Waals surface area contributed by atoms with Crippen molar-refractivity contribution in [1.82, 2.24) is 4.31 Å². The zero-order valence-corrected chi connectivity index (χ0v) is 19.0. The minimum atomic E-state index is -3.70. The number of hydrogen-bond acceptors (Lipinski definition) is 4. The largest absolute Gasteiger partial charge is 0.496 e. The molecule has 0 radical (unpaired) electrons. The summed E-state index contributed by atoms with van der Waals surface area (Å²) in [5, 5.41) is 11.7. The number of benzene rings is 1. The quantitative estimate of drug-likeness (QED) is 0.522. The van der Waals surface area contributed by atoms with Crippen molar-refractivity contribution >= 4 is 18.1 Å². The minimum Gasteiger partial charge on any atom is -0.496 e. The van der Waals surface area contributed by atoms with E-state index in [-0.39, 0.29) is 10.7 Å². The number of aryl methyl sites for hydroxylation is 1. The molecule has 0 aromatic heterocycles. The van der Waals surface area contributed by atoms with Crippen molar-refractivity contribution in [2.75, 3.05) is 13.2 Å². The van der Waals surface area contributed by atoms with Gasteiger partial charge in [-0.25, -0.2) is 8.42 Å². The molecule has 27 heavy (non-hydrogen) atoms. The van der Waals surface area contributed by atoms with Crippen molar-refractivity contribution in [2.24, 2.45) is 0 Å². The Bertz CT molecular complexity index is 770. The Kier molecular flexibility index (Phi) is 6.62. The highest BCUT2D eigenvalue weighted by Gasteiger charge is 2.51. The Morgan fingerprint density at radius 1 is 1.33 bits per heavy atom. The second kappa shape index (κ2) is 8.07. The highest BCUT2D eigenvalue weighted by Crippen LogP contribution is 2.40. The van der Waals surface area contributed by atoms with Crippen LogP contribution in [0.1, 0.15) is 25.3 Å². The van der Waals surface area contributed by atoms with Gasteiger partial charge in [-0.3, -0.25) is 0 Å². The maximum absolute atomic E-state index is 13.3. The predicted octanol–water partition coefficient (Wildman–Crippen LogP) is 3.77. The van der Waals surface area contributed by atoms with E-state index in [1.165, 1.54) is 4.31 Å². The van der Waals surface area contributed by atoms with Crippen LogP contribution in [0, 0.1) is 6.92 Å². The van der Waals surface area contributed by atoms with Crippen LogP contribution in [-0.4, -0.2) is 50.7 Å². The molecule has 2 rings (SSSR count). The van der Waals surface area contributed by atoms with Crippen LogP contribution in [0.3, 0.4) is 0 Å². The topological polar surface area (TPSA) is 66.8 Å². The summed E-state index contributed by atoms with van der Waals surface area (Å²) >= 11 is 0. The second-order valence-electron chi connectivity index (χ2n) is 8.60. The monoisotopic (exact) mass is 411 g/mol. The van der Waals surface area contributed by atoms with Crippen molar-refractivity contribution < 1.29 is 18.3 Å². The summed E-state index contributed by atoms with van der Waals surface area (Å²) < 4.78 is 33.7. The molecule has 1 fully saturated rings. The van der Waals surface area contributed by atoms with E-state index in [4.69, 9.17) is 4.74 Å². The van der Waals surface area contributed by atoms with Gasteiger partial charge in [0.1, 0.15) is 11.4 Å². The maximum atomic E-state index is 13.3. The van der Waals surface area contributed by atoms with E-state index in [0.29, 0.717) is 32.0 Å². The third-order valence-corrected chi connectivity index (χ3v) is 8.51. The molecule has 1 N–H and O–H groups in total.